The molecular formula is C17H22BrN3. The zero-order valence-corrected chi connectivity index (χ0v) is 14.2. The molecule has 112 valence electrons. The Kier molecular flexibility index (Phi) is 4.07. The monoisotopic (exact) mass is 347 g/mol. The maximum absolute atomic E-state index is 6.12. The first kappa shape index (κ1) is 14.6. The highest BCUT2D eigenvalue weighted by Gasteiger charge is 2.24. The first-order valence-corrected chi connectivity index (χ1v) is 8.42. The molecule has 4 heteroatoms. The van der Waals surface area contributed by atoms with Crippen LogP contribution < -0.4 is 10.6 Å². The molecule has 0 bridgehead atoms. The first-order chi connectivity index (χ1) is 10.1. The second kappa shape index (κ2) is 5.84. The Morgan fingerprint density at radius 1 is 1.33 bits per heavy atom. The fourth-order valence-corrected chi connectivity index (χ4v) is 3.77. The molecule has 2 aromatic rings. The number of nitrogen functional groups attached to an aromatic ring is 1. The van der Waals surface area contributed by atoms with Crippen molar-refractivity contribution in [2.24, 2.45) is 5.92 Å². The van der Waals surface area contributed by atoms with Crippen molar-refractivity contribution in [1.29, 1.82) is 0 Å². The predicted molar refractivity (Wildman–Crippen MR) is 93.7 cm³/mol. The first-order valence-electron chi connectivity index (χ1n) is 7.63. The molecule has 3 rings (SSSR count). The molecule has 1 aromatic carbocycles. The molecule has 1 heterocycles. The number of hydrogen-bond donors (Lipinski definition) is 1. The van der Waals surface area contributed by atoms with Crippen molar-refractivity contribution >= 4 is 38.2 Å². The zero-order valence-electron chi connectivity index (χ0n) is 12.6. The number of nitrogens with zero attached hydrogens (tertiary/aromatic N) is 2. The zero-order chi connectivity index (χ0) is 15.0. The minimum Gasteiger partial charge on any atom is -0.398 e. The maximum Gasteiger partial charge on any atom is 0.0956 e. The van der Waals surface area contributed by atoms with Crippen LogP contribution in [0.5, 0.6) is 0 Å². The molecule has 1 aromatic heterocycles. The van der Waals surface area contributed by atoms with Crippen LogP contribution in [-0.4, -0.2) is 18.1 Å². The smallest absolute Gasteiger partial charge is 0.0956 e. The number of hydrogen-bond acceptors (Lipinski definition) is 3. The Morgan fingerprint density at radius 3 is 2.90 bits per heavy atom. The van der Waals surface area contributed by atoms with Gasteiger partial charge in [-0.1, -0.05) is 19.8 Å². The van der Waals surface area contributed by atoms with Crippen molar-refractivity contribution in [3.05, 3.63) is 28.9 Å². The Labute approximate surface area is 134 Å². The maximum atomic E-state index is 6.12. The molecule has 2 atom stereocenters. The third-order valence-corrected chi connectivity index (χ3v) is 5.10. The van der Waals surface area contributed by atoms with Crippen molar-refractivity contribution < 1.29 is 0 Å². The number of pyridine rings is 1. The SMILES string of the molecule is CC1CCCC(N(C)c2ccc(N)c3cc(Br)cnc23)C1. The van der Waals surface area contributed by atoms with Crippen LogP contribution in [-0.2, 0) is 0 Å². The number of anilines is 2. The lowest BCUT2D eigenvalue weighted by molar-refractivity contribution is 0.337. The number of nitrogens with two attached hydrogens (primary N) is 1. The summed E-state index contributed by atoms with van der Waals surface area (Å²) in [5, 5.41) is 1.03. The van der Waals surface area contributed by atoms with E-state index in [1.54, 1.807) is 0 Å². The molecule has 21 heavy (non-hydrogen) atoms. The van der Waals surface area contributed by atoms with E-state index in [1.807, 2.05) is 12.3 Å². The fraction of sp³-hybridized carbons (Fsp3) is 0.471. The fourth-order valence-electron chi connectivity index (χ4n) is 3.44. The highest BCUT2D eigenvalue weighted by atomic mass is 79.9. The van der Waals surface area contributed by atoms with Gasteiger partial charge in [0.15, 0.2) is 0 Å². The Balaban J connectivity index is 2.01. The molecule has 2 N–H and O–H groups in total. The molecule has 1 fully saturated rings. The lowest BCUT2D eigenvalue weighted by Crippen LogP contribution is -2.35. The standard InChI is InChI=1S/C17H22BrN3/c1-11-4-3-5-13(8-11)21(2)16-7-6-15(19)14-9-12(18)10-20-17(14)16/h6-7,9-11,13H,3-5,8,19H2,1-2H3. The summed E-state index contributed by atoms with van der Waals surface area (Å²) in [6.45, 7) is 2.36. The Morgan fingerprint density at radius 2 is 2.14 bits per heavy atom. The Hall–Kier alpha value is -1.29. The second-order valence-electron chi connectivity index (χ2n) is 6.26. The summed E-state index contributed by atoms with van der Waals surface area (Å²) >= 11 is 3.48. The predicted octanol–water partition coefficient (Wildman–Crippen LogP) is 4.59. The van der Waals surface area contributed by atoms with E-state index >= 15 is 0 Å². The molecule has 0 amide bonds. The van der Waals surface area contributed by atoms with Crippen LogP contribution in [0.25, 0.3) is 10.9 Å². The van der Waals surface area contributed by atoms with Crippen LogP contribution in [0.2, 0.25) is 0 Å². The summed E-state index contributed by atoms with van der Waals surface area (Å²) in [5.74, 6) is 0.813. The van der Waals surface area contributed by atoms with E-state index in [0.717, 1.165) is 27.0 Å². The summed E-state index contributed by atoms with van der Waals surface area (Å²) in [5.41, 5.74) is 9.09. The van der Waals surface area contributed by atoms with Crippen LogP contribution in [0.3, 0.4) is 0 Å². The normalized spacial score (nSPS) is 22.4. The van der Waals surface area contributed by atoms with Gasteiger partial charge in [-0.3, -0.25) is 4.98 Å². The average molecular weight is 348 g/mol. The summed E-state index contributed by atoms with van der Waals surface area (Å²) in [6, 6.07) is 6.76. The molecule has 1 aliphatic carbocycles. The molecule has 0 radical (unpaired) electrons. The summed E-state index contributed by atoms with van der Waals surface area (Å²) in [7, 11) is 2.19. The minimum absolute atomic E-state index is 0.603. The lowest BCUT2D eigenvalue weighted by atomic mass is 9.86. The lowest BCUT2D eigenvalue weighted by Gasteiger charge is -2.36. The molecule has 3 nitrogen and oxygen atoms in total. The molecule has 1 saturated carbocycles. The van der Waals surface area contributed by atoms with Crippen molar-refractivity contribution in [1.82, 2.24) is 4.98 Å². The van der Waals surface area contributed by atoms with Gasteiger partial charge in [-0.15, -0.1) is 0 Å². The molecular weight excluding hydrogens is 326 g/mol. The summed E-state index contributed by atoms with van der Waals surface area (Å²) in [6.07, 6.45) is 7.06. The van der Waals surface area contributed by atoms with Gasteiger partial charge >= 0.3 is 0 Å². The number of benzene rings is 1. The van der Waals surface area contributed by atoms with Gasteiger partial charge in [0.05, 0.1) is 11.2 Å². The molecule has 1 aliphatic rings. The van der Waals surface area contributed by atoms with E-state index in [-0.39, 0.29) is 0 Å². The molecule has 0 spiro atoms. The van der Waals surface area contributed by atoms with E-state index in [4.69, 9.17) is 5.73 Å². The van der Waals surface area contributed by atoms with Gasteiger partial charge in [-0.05, 0) is 52.9 Å². The minimum atomic E-state index is 0.603. The van der Waals surface area contributed by atoms with E-state index in [0.29, 0.717) is 6.04 Å². The van der Waals surface area contributed by atoms with Gasteiger partial charge < -0.3 is 10.6 Å². The Bertz CT molecular complexity index is 656. The van der Waals surface area contributed by atoms with Crippen molar-refractivity contribution in [2.45, 2.75) is 38.6 Å². The number of rotatable bonds is 2. The highest BCUT2D eigenvalue weighted by molar-refractivity contribution is 9.10. The number of halogens is 1. The second-order valence-corrected chi connectivity index (χ2v) is 7.18. The topological polar surface area (TPSA) is 42.1 Å². The van der Waals surface area contributed by atoms with Gasteiger partial charge in [0.2, 0.25) is 0 Å². The summed E-state index contributed by atoms with van der Waals surface area (Å²) < 4.78 is 0.966. The van der Waals surface area contributed by atoms with Gasteiger partial charge in [0.25, 0.3) is 0 Å². The van der Waals surface area contributed by atoms with Crippen molar-refractivity contribution in [3.63, 3.8) is 0 Å². The van der Waals surface area contributed by atoms with E-state index < -0.39 is 0 Å². The largest absolute Gasteiger partial charge is 0.398 e. The molecule has 0 saturated heterocycles. The highest BCUT2D eigenvalue weighted by Crippen LogP contribution is 2.35. The van der Waals surface area contributed by atoms with Crippen LogP contribution in [0.4, 0.5) is 11.4 Å². The van der Waals surface area contributed by atoms with Crippen molar-refractivity contribution in [3.8, 4) is 0 Å². The molecule has 0 aliphatic heterocycles. The van der Waals surface area contributed by atoms with E-state index in [2.05, 4.69) is 51.9 Å². The average Bonchev–Trinajstić information content (AvgIpc) is 2.47. The summed E-state index contributed by atoms with van der Waals surface area (Å²) in [4.78, 5) is 7.01. The van der Waals surface area contributed by atoms with E-state index in [9.17, 15) is 0 Å². The van der Waals surface area contributed by atoms with Crippen LogP contribution in [0.15, 0.2) is 28.9 Å². The van der Waals surface area contributed by atoms with Crippen LogP contribution >= 0.6 is 15.9 Å². The van der Waals surface area contributed by atoms with Crippen LogP contribution in [0, 0.1) is 5.92 Å². The van der Waals surface area contributed by atoms with Gasteiger partial charge in [0, 0.05) is 34.8 Å². The number of fused-ring (bicyclic) bond motifs is 1. The van der Waals surface area contributed by atoms with Gasteiger partial charge in [0.1, 0.15) is 0 Å². The van der Waals surface area contributed by atoms with Gasteiger partial charge in [-0.2, -0.15) is 0 Å². The quantitative estimate of drug-likeness (QED) is 0.807. The van der Waals surface area contributed by atoms with Crippen molar-refractivity contribution in [2.75, 3.05) is 17.7 Å². The third-order valence-electron chi connectivity index (χ3n) is 4.67. The van der Waals surface area contributed by atoms with Gasteiger partial charge in [-0.25, -0.2) is 0 Å². The third kappa shape index (κ3) is 2.86. The van der Waals surface area contributed by atoms with E-state index in [1.165, 1.54) is 31.4 Å². The number of aromatic nitrogens is 1. The van der Waals surface area contributed by atoms with Crippen LogP contribution in [0.1, 0.15) is 32.6 Å². The molecule has 2 unspecified atom stereocenters.